The molecule has 2 aliphatic carbocycles. The van der Waals surface area contributed by atoms with E-state index in [0.29, 0.717) is 5.38 Å². The Labute approximate surface area is 73.6 Å². The lowest BCUT2D eigenvalue weighted by Gasteiger charge is -2.28. The van der Waals surface area contributed by atoms with E-state index < -0.39 is 0 Å². The predicted octanol–water partition coefficient (Wildman–Crippen LogP) is 3.36. The molecule has 0 aromatic carbocycles. The first-order valence-electron chi connectivity index (χ1n) is 4.61. The molecular weight excluding hydrogens is 156 g/mol. The van der Waals surface area contributed by atoms with E-state index in [0.717, 1.165) is 18.3 Å². The molecule has 0 heterocycles. The number of hydrogen-bond donors (Lipinski definition) is 0. The van der Waals surface area contributed by atoms with Crippen LogP contribution >= 0.6 is 11.6 Å². The maximum atomic E-state index is 6.27. The third-order valence-corrected chi connectivity index (χ3v) is 3.66. The third kappa shape index (κ3) is 1.46. The Kier molecular flexibility index (Phi) is 1.97. The third-order valence-electron chi connectivity index (χ3n) is 3.03. The van der Waals surface area contributed by atoms with Crippen molar-refractivity contribution in [2.24, 2.45) is 11.8 Å². The molecule has 62 valence electrons. The Bertz CT molecular complexity index is 170. The van der Waals surface area contributed by atoms with Gasteiger partial charge in [0, 0.05) is 0 Å². The van der Waals surface area contributed by atoms with Crippen LogP contribution in [0.2, 0.25) is 0 Å². The van der Waals surface area contributed by atoms with Crippen LogP contribution in [0.25, 0.3) is 0 Å². The highest BCUT2D eigenvalue weighted by atomic mass is 35.5. The van der Waals surface area contributed by atoms with Gasteiger partial charge >= 0.3 is 0 Å². The van der Waals surface area contributed by atoms with E-state index in [9.17, 15) is 0 Å². The van der Waals surface area contributed by atoms with Gasteiger partial charge in [0.2, 0.25) is 0 Å². The summed E-state index contributed by atoms with van der Waals surface area (Å²) in [5, 5.41) is 0.302. The molecule has 0 nitrogen and oxygen atoms in total. The van der Waals surface area contributed by atoms with Gasteiger partial charge in [0.1, 0.15) is 0 Å². The fraction of sp³-hybridized carbons (Fsp3) is 0.800. The molecule has 1 heteroatoms. The van der Waals surface area contributed by atoms with Crippen LogP contribution in [0.1, 0.15) is 32.1 Å². The van der Waals surface area contributed by atoms with E-state index in [1.54, 1.807) is 0 Å². The number of allylic oxidation sites excluding steroid dienone is 1. The minimum Gasteiger partial charge on any atom is -0.118 e. The van der Waals surface area contributed by atoms with Crippen LogP contribution in [0, 0.1) is 11.8 Å². The van der Waals surface area contributed by atoms with Gasteiger partial charge in [-0.25, -0.2) is 0 Å². The minimum atomic E-state index is 0.302. The summed E-state index contributed by atoms with van der Waals surface area (Å²) < 4.78 is 0. The van der Waals surface area contributed by atoms with Gasteiger partial charge in [0.05, 0.1) is 5.38 Å². The van der Waals surface area contributed by atoms with E-state index >= 15 is 0 Å². The first kappa shape index (κ1) is 7.67. The molecule has 2 saturated carbocycles. The van der Waals surface area contributed by atoms with E-state index in [-0.39, 0.29) is 0 Å². The molecule has 0 saturated heterocycles. The normalized spacial score (nSPS) is 39.2. The Morgan fingerprint density at radius 2 is 2.00 bits per heavy atom. The molecule has 2 rings (SSSR count). The Morgan fingerprint density at radius 1 is 1.27 bits per heavy atom. The summed E-state index contributed by atoms with van der Waals surface area (Å²) in [4.78, 5) is 0. The molecular formula is C10H15Cl. The van der Waals surface area contributed by atoms with E-state index in [4.69, 9.17) is 11.6 Å². The van der Waals surface area contributed by atoms with Crippen LogP contribution < -0.4 is 0 Å². The van der Waals surface area contributed by atoms with Crippen molar-refractivity contribution in [2.45, 2.75) is 37.5 Å². The van der Waals surface area contributed by atoms with E-state index in [1.165, 1.54) is 31.3 Å². The number of alkyl halides is 1. The summed E-state index contributed by atoms with van der Waals surface area (Å²) in [6.45, 7) is 4.02. The summed E-state index contributed by atoms with van der Waals surface area (Å²) in [5.41, 5.74) is 1.29. The van der Waals surface area contributed by atoms with Crippen molar-refractivity contribution in [1.82, 2.24) is 0 Å². The Balaban J connectivity index is 2.01. The van der Waals surface area contributed by atoms with Gasteiger partial charge < -0.3 is 0 Å². The van der Waals surface area contributed by atoms with Gasteiger partial charge in [0.25, 0.3) is 0 Å². The Morgan fingerprint density at radius 3 is 2.64 bits per heavy atom. The molecule has 0 spiro atoms. The molecule has 2 atom stereocenters. The fourth-order valence-corrected chi connectivity index (χ4v) is 2.59. The first-order valence-corrected chi connectivity index (χ1v) is 5.04. The summed E-state index contributed by atoms with van der Waals surface area (Å²) in [5.74, 6) is 1.73. The van der Waals surface area contributed by atoms with Crippen molar-refractivity contribution < 1.29 is 0 Å². The molecule has 2 unspecified atom stereocenters. The maximum absolute atomic E-state index is 6.27. The molecule has 0 aliphatic heterocycles. The van der Waals surface area contributed by atoms with Crippen LogP contribution in [0.15, 0.2) is 12.2 Å². The second kappa shape index (κ2) is 2.82. The van der Waals surface area contributed by atoms with Gasteiger partial charge in [-0.15, -0.1) is 11.6 Å². The van der Waals surface area contributed by atoms with Gasteiger partial charge in [-0.1, -0.05) is 12.2 Å². The van der Waals surface area contributed by atoms with Gasteiger partial charge in [0.15, 0.2) is 0 Å². The average Bonchev–Trinajstić information content (AvgIpc) is 2.77. The zero-order valence-corrected chi connectivity index (χ0v) is 7.61. The van der Waals surface area contributed by atoms with Gasteiger partial charge in [-0.2, -0.15) is 0 Å². The molecule has 0 amide bonds. The van der Waals surface area contributed by atoms with Crippen molar-refractivity contribution in [3.63, 3.8) is 0 Å². The first-order chi connectivity index (χ1) is 5.29. The lowest BCUT2D eigenvalue weighted by Crippen LogP contribution is -2.23. The highest BCUT2D eigenvalue weighted by Gasteiger charge is 2.38. The predicted molar refractivity (Wildman–Crippen MR) is 48.8 cm³/mol. The topological polar surface area (TPSA) is 0 Å². The molecule has 2 aliphatic rings. The van der Waals surface area contributed by atoms with E-state index in [2.05, 4.69) is 6.58 Å². The van der Waals surface area contributed by atoms with Crippen LogP contribution in [0.4, 0.5) is 0 Å². The lowest BCUT2D eigenvalue weighted by molar-refractivity contribution is 0.380. The van der Waals surface area contributed by atoms with Crippen molar-refractivity contribution in [3.8, 4) is 0 Å². The largest absolute Gasteiger partial charge is 0.118 e. The van der Waals surface area contributed by atoms with Crippen LogP contribution in [-0.2, 0) is 0 Å². The highest BCUT2D eigenvalue weighted by molar-refractivity contribution is 6.22. The molecule has 0 bridgehead atoms. The molecule has 11 heavy (non-hydrogen) atoms. The second-order valence-electron chi connectivity index (χ2n) is 3.95. The van der Waals surface area contributed by atoms with Crippen molar-refractivity contribution >= 4 is 11.6 Å². The summed E-state index contributed by atoms with van der Waals surface area (Å²) in [6.07, 6.45) is 6.67. The van der Waals surface area contributed by atoms with Crippen molar-refractivity contribution in [3.05, 3.63) is 12.2 Å². The molecule has 0 radical (unpaired) electrons. The molecule has 0 aromatic rings. The molecule has 0 aromatic heterocycles. The monoisotopic (exact) mass is 170 g/mol. The smallest absolute Gasteiger partial charge is 0.0573 e. The molecule has 0 N–H and O–H groups in total. The summed E-state index contributed by atoms with van der Waals surface area (Å²) in [6, 6.07) is 0. The minimum absolute atomic E-state index is 0.302. The standard InChI is InChI=1S/C10H15Cl/c1-7-3-2-4-9(10(7)11)8-5-6-8/h8-10H,1-6H2. The van der Waals surface area contributed by atoms with Crippen LogP contribution in [-0.4, -0.2) is 5.38 Å². The maximum Gasteiger partial charge on any atom is 0.0573 e. The zero-order valence-electron chi connectivity index (χ0n) is 6.85. The second-order valence-corrected chi connectivity index (χ2v) is 4.42. The average molecular weight is 171 g/mol. The molecule has 2 fully saturated rings. The zero-order chi connectivity index (χ0) is 7.84. The van der Waals surface area contributed by atoms with Gasteiger partial charge in [-0.05, 0) is 43.9 Å². The van der Waals surface area contributed by atoms with E-state index in [1.807, 2.05) is 0 Å². The highest BCUT2D eigenvalue weighted by Crippen LogP contribution is 2.46. The quantitative estimate of drug-likeness (QED) is 0.418. The van der Waals surface area contributed by atoms with Gasteiger partial charge in [-0.3, -0.25) is 0 Å². The summed E-state index contributed by atoms with van der Waals surface area (Å²) >= 11 is 6.27. The van der Waals surface area contributed by atoms with Crippen molar-refractivity contribution in [2.75, 3.05) is 0 Å². The number of halogens is 1. The van der Waals surface area contributed by atoms with Crippen molar-refractivity contribution in [1.29, 1.82) is 0 Å². The number of hydrogen-bond acceptors (Lipinski definition) is 0. The lowest BCUT2D eigenvalue weighted by atomic mass is 9.83. The SMILES string of the molecule is C=C1CCCC(C2CC2)C1Cl. The van der Waals surface area contributed by atoms with Crippen LogP contribution in [0.5, 0.6) is 0 Å². The van der Waals surface area contributed by atoms with Crippen LogP contribution in [0.3, 0.4) is 0 Å². The fourth-order valence-electron chi connectivity index (χ4n) is 2.15. The summed E-state index contributed by atoms with van der Waals surface area (Å²) in [7, 11) is 0. The number of rotatable bonds is 1. The Hall–Kier alpha value is 0.0300.